The fraction of sp³-hybridized carbons (Fsp3) is 0.379. The van der Waals surface area contributed by atoms with Crippen LogP contribution in [0.2, 0.25) is 0 Å². The van der Waals surface area contributed by atoms with Gasteiger partial charge in [-0.15, -0.1) is 0 Å². The van der Waals surface area contributed by atoms with E-state index in [0.717, 1.165) is 12.3 Å². The first-order valence-electron chi connectivity index (χ1n) is 11.6. The van der Waals surface area contributed by atoms with Crippen LogP contribution < -0.4 is 0 Å². The summed E-state index contributed by atoms with van der Waals surface area (Å²) in [6.07, 6.45) is 10.3. The molecule has 1 aliphatic carbocycles. The monoisotopic (exact) mass is 382 g/mol. The summed E-state index contributed by atoms with van der Waals surface area (Å²) >= 11 is 0. The Morgan fingerprint density at radius 2 is 1.34 bits per heavy atom. The van der Waals surface area contributed by atoms with Gasteiger partial charge in [-0.3, -0.25) is 0 Å². The van der Waals surface area contributed by atoms with Crippen LogP contribution in [0.25, 0.3) is 22.3 Å². The molecule has 0 radical (unpaired) electrons. The molecule has 0 saturated heterocycles. The summed E-state index contributed by atoms with van der Waals surface area (Å²) in [7, 11) is 0. The molecule has 0 heteroatoms. The zero-order chi connectivity index (χ0) is 20.1. The summed E-state index contributed by atoms with van der Waals surface area (Å²) in [5.74, 6) is 0.749. The minimum absolute atomic E-state index is 0.749. The van der Waals surface area contributed by atoms with Crippen molar-refractivity contribution in [1.29, 1.82) is 0 Å². The highest BCUT2D eigenvalue weighted by Crippen LogP contribution is 2.45. The van der Waals surface area contributed by atoms with E-state index in [1.54, 1.807) is 11.1 Å². The first kappa shape index (κ1) is 20.0. The van der Waals surface area contributed by atoms with E-state index in [0.29, 0.717) is 0 Å². The molecule has 0 unspecified atom stereocenters. The third-order valence-electron chi connectivity index (χ3n) is 6.63. The SMILES string of the molecule is CCCCc1c(C2CCCC2)cc(CC)c(-c2ccccc2)c1-c1ccccc1. The fourth-order valence-corrected chi connectivity index (χ4v) is 5.16. The van der Waals surface area contributed by atoms with Crippen LogP contribution >= 0.6 is 0 Å². The summed E-state index contributed by atoms with van der Waals surface area (Å²) in [5, 5.41) is 0. The van der Waals surface area contributed by atoms with Gasteiger partial charge in [-0.05, 0) is 77.0 Å². The number of benzene rings is 3. The van der Waals surface area contributed by atoms with Crippen molar-refractivity contribution in [3.8, 4) is 22.3 Å². The van der Waals surface area contributed by atoms with E-state index in [9.17, 15) is 0 Å². The average molecular weight is 383 g/mol. The van der Waals surface area contributed by atoms with E-state index in [2.05, 4.69) is 80.6 Å². The zero-order valence-electron chi connectivity index (χ0n) is 18.1. The minimum Gasteiger partial charge on any atom is -0.0654 e. The molecule has 0 aromatic heterocycles. The van der Waals surface area contributed by atoms with Gasteiger partial charge in [0.25, 0.3) is 0 Å². The Morgan fingerprint density at radius 1 is 0.759 bits per heavy atom. The van der Waals surface area contributed by atoms with E-state index >= 15 is 0 Å². The topological polar surface area (TPSA) is 0 Å². The van der Waals surface area contributed by atoms with Crippen LogP contribution in [0.4, 0.5) is 0 Å². The maximum Gasteiger partial charge on any atom is -0.00677 e. The molecule has 1 fully saturated rings. The van der Waals surface area contributed by atoms with Crippen LogP contribution in [0.15, 0.2) is 66.7 Å². The third kappa shape index (κ3) is 4.17. The van der Waals surface area contributed by atoms with Crippen LogP contribution in [-0.2, 0) is 12.8 Å². The molecule has 29 heavy (non-hydrogen) atoms. The van der Waals surface area contributed by atoms with Gasteiger partial charge in [-0.2, -0.15) is 0 Å². The molecule has 3 aromatic carbocycles. The lowest BCUT2D eigenvalue weighted by molar-refractivity contribution is 0.699. The van der Waals surface area contributed by atoms with Crippen molar-refractivity contribution in [2.45, 2.75) is 71.1 Å². The molecule has 150 valence electrons. The molecule has 0 nitrogen and oxygen atoms in total. The highest BCUT2D eigenvalue weighted by atomic mass is 14.3. The van der Waals surface area contributed by atoms with Crippen LogP contribution in [0, 0.1) is 0 Å². The highest BCUT2D eigenvalue weighted by molar-refractivity contribution is 5.89. The van der Waals surface area contributed by atoms with Crippen molar-refractivity contribution >= 4 is 0 Å². The molecule has 4 rings (SSSR count). The van der Waals surface area contributed by atoms with Crippen LogP contribution in [0.1, 0.15) is 75.0 Å². The molecule has 1 aliphatic rings. The van der Waals surface area contributed by atoms with Gasteiger partial charge in [-0.1, -0.05) is 99.8 Å². The molecule has 0 amide bonds. The summed E-state index contributed by atoms with van der Waals surface area (Å²) in [4.78, 5) is 0. The molecule has 0 bridgehead atoms. The van der Waals surface area contributed by atoms with Crippen molar-refractivity contribution in [3.05, 3.63) is 83.4 Å². The molecule has 1 saturated carbocycles. The van der Waals surface area contributed by atoms with Gasteiger partial charge in [0.05, 0.1) is 0 Å². The lowest BCUT2D eigenvalue weighted by Crippen LogP contribution is -2.07. The van der Waals surface area contributed by atoms with E-state index < -0.39 is 0 Å². The van der Waals surface area contributed by atoms with Gasteiger partial charge in [0.2, 0.25) is 0 Å². The second kappa shape index (κ2) is 9.44. The van der Waals surface area contributed by atoms with Gasteiger partial charge in [0.1, 0.15) is 0 Å². The third-order valence-corrected chi connectivity index (χ3v) is 6.63. The summed E-state index contributed by atoms with van der Waals surface area (Å²) in [5.41, 5.74) is 10.5. The highest BCUT2D eigenvalue weighted by Gasteiger charge is 2.25. The smallest absolute Gasteiger partial charge is 0.00677 e. The number of aryl methyl sites for hydroxylation is 1. The van der Waals surface area contributed by atoms with Crippen molar-refractivity contribution in [3.63, 3.8) is 0 Å². The Morgan fingerprint density at radius 3 is 1.90 bits per heavy atom. The van der Waals surface area contributed by atoms with Gasteiger partial charge in [0, 0.05) is 0 Å². The standard InChI is InChI=1S/C29H34/c1-3-5-20-26-27(23-14-12-13-15-23)21-22(4-2)28(24-16-8-6-9-17-24)29(26)25-18-10-7-11-19-25/h6-11,16-19,21,23H,3-5,12-15,20H2,1-2H3. The second-order valence-corrected chi connectivity index (χ2v) is 8.52. The maximum absolute atomic E-state index is 2.59. The summed E-state index contributed by atoms with van der Waals surface area (Å²) in [6.45, 7) is 4.64. The Balaban J connectivity index is 2.03. The van der Waals surface area contributed by atoms with Crippen molar-refractivity contribution in [2.75, 3.05) is 0 Å². The van der Waals surface area contributed by atoms with E-state index in [1.165, 1.54) is 72.8 Å². The second-order valence-electron chi connectivity index (χ2n) is 8.52. The lowest BCUT2D eigenvalue weighted by Gasteiger charge is -2.26. The first-order chi connectivity index (χ1) is 14.3. The van der Waals surface area contributed by atoms with E-state index in [1.807, 2.05) is 0 Å². The predicted octanol–water partition coefficient (Wildman–Crippen LogP) is 8.58. The zero-order valence-corrected chi connectivity index (χ0v) is 18.1. The van der Waals surface area contributed by atoms with E-state index in [4.69, 9.17) is 0 Å². The van der Waals surface area contributed by atoms with Crippen molar-refractivity contribution in [1.82, 2.24) is 0 Å². The van der Waals surface area contributed by atoms with Gasteiger partial charge in [-0.25, -0.2) is 0 Å². The molecular formula is C29H34. The largest absolute Gasteiger partial charge is 0.0654 e. The van der Waals surface area contributed by atoms with Gasteiger partial charge in [0.15, 0.2) is 0 Å². The average Bonchev–Trinajstić information content (AvgIpc) is 3.32. The Hall–Kier alpha value is -2.34. The fourth-order valence-electron chi connectivity index (χ4n) is 5.16. The summed E-state index contributed by atoms with van der Waals surface area (Å²) in [6, 6.07) is 24.8. The van der Waals surface area contributed by atoms with Gasteiger partial charge < -0.3 is 0 Å². The molecule has 0 atom stereocenters. The molecule has 0 aliphatic heterocycles. The normalized spacial score (nSPS) is 14.4. The Kier molecular flexibility index (Phi) is 6.49. The van der Waals surface area contributed by atoms with Crippen LogP contribution in [0.5, 0.6) is 0 Å². The van der Waals surface area contributed by atoms with Crippen molar-refractivity contribution in [2.24, 2.45) is 0 Å². The van der Waals surface area contributed by atoms with Gasteiger partial charge >= 0.3 is 0 Å². The van der Waals surface area contributed by atoms with Crippen LogP contribution in [-0.4, -0.2) is 0 Å². The number of rotatable bonds is 7. The Labute approximate surface area is 177 Å². The Bertz CT molecular complexity index is 915. The number of unbranched alkanes of at least 4 members (excludes halogenated alkanes) is 1. The van der Waals surface area contributed by atoms with E-state index in [-0.39, 0.29) is 0 Å². The number of hydrogen-bond acceptors (Lipinski definition) is 0. The molecule has 3 aromatic rings. The van der Waals surface area contributed by atoms with Crippen molar-refractivity contribution < 1.29 is 0 Å². The predicted molar refractivity (Wildman–Crippen MR) is 127 cm³/mol. The first-order valence-corrected chi connectivity index (χ1v) is 11.6. The molecular weight excluding hydrogens is 348 g/mol. The lowest BCUT2D eigenvalue weighted by atomic mass is 9.78. The number of hydrogen-bond donors (Lipinski definition) is 0. The maximum atomic E-state index is 2.59. The summed E-state index contributed by atoms with van der Waals surface area (Å²) < 4.78 is 0. The minimum atomic E-state index is 0.749. The van der Waals surface area contributed by atoms with Crippen LogP contribution in [0.3, 0.4) is 0 Å². The molecule has 0 N–H and O–H groups in total. The quantitative estimate of drug-likeness (QED) is 0.384. The molecule has 0 spiro atoms. The molecule has 0 heterocycles.